The average Bonchev–Trinajstić information content (AvgIpc) is 3.04. The van der Waals surface area contributed by atoms with Crippen molar-refractivity contribution in [2.24, 2.45) is 0 Å². The third-order valence-corrected chi connectivity index (χ3v) is 5.64. The zero-order valence-electron chi connectivity index (χ0n) is 15.2. The Kier molecular flexibility index (Phi) is 6.00. The summed E-state index contributed by atoms with van der Waals surface area (Å²) < 4.78 is 27.8. The Bertz CT molecular complexity index is 1080. The number of anilines is 1. The molecule has 1 amide bonds. The van der Waals surface area contributed by atoms with Crippen LogP contribution in [0.4, 0.5) is 5.69 Å². The smallest absolute Gasteiger partial charge is 0.267 e. The zero-order valence-corrected chi connectivity index (χ0v) is 16.9. The van der Waals surface area contributed by atoms with Crippen LogP contribution in [0.3, 0.4) is 0 Å². The molecule has 0 saturated heterocycles. The van der Waals surface area contributed by atoms with E-state index in [9.17, 15) is 13.2 Å². The van der Waals surface area contributed by atoms with Crippen molar-refractivity contribution in [3.63, 3.8) is 0 Å². The van der Waals surface area contributed by atoms with Gasteiger partial charge in [-0.25, -0.2) is 23.4 Å². The largest absolute Gasteiger partial charge is 0.492 e. The quantitative estimate of drug-likeness (QED) is 0.628. The van der Waals surface area contributed by atoms with E-state index < -0.39 is 9.84 Å². The molecule has 0 aliphatic heterocycles. The Hall–Kier alpha value is -2.85. The summed E-state index contributed by atoms with van der Waals surface area (Å²) in [5, 5.41) is 3.37. The number of rotatable bonds is 7. The van der Waals surface area contributed by atoms with Gasteiger partial charge in [-0.3, -0.25) is 4.79 Å². The molecule has 146 valence electrons. The Morgan fingerprint density at radius 3 is 2.68 bits per heavy atom. The summed E-state index contributed by atoms with van der Waals surface area (Å²) in [6, 6.07) is 8.48. The lowest BCUT2D eigenvalue weighted by Gasteiger charge is -2.08. The van der Waals surface area contributed by atoms with Gasteiger partial charge in [0.25, 0.3) is 5.91 Å². The highest BCUT2D eigenvalue weighted by Gasteiger charge is 2.17. The number of nitrogens with one attached hydrogen (secondary N) is 1. The molecule has 0 saturated carbocycles. The second-order valence-corrected chi connectivity index (χ2v) is 9.23. The van der Waals surface area contributed by atoms with E-state index in [2.05, 4.69) is 20.3 Å². The van der Waals surface area contributed by atoms with Gasteiger partial charge < -0.3 is 10.1 Å². The molecule has 2 heterocycles. The maximum absolute atomic E-state index is 12.6. The van der Waals surface area contributed by atoms with Crippen molar-refractivity contribution in [1.82, 2.24) is 15.0 Å². The van der Waals surface area contributed by atoms with Gasteiger partial charge in [0.2, 0.25) is 0 Å². The number of aromatic nitrogens is 3. The predicted octanol–water partition coefficient (Wildman–Crippen LogP) is 2.58. The van der Waals surface area contributed by atoms with E-state index in [1.807, 2.05) is 0 Å². The van der Waals surface area contributed by atoms with Crippen molar-refractivity contribution in [2.75, 3.05) is 23.9 Å². The Labute approximate surface area is 166 Å². The van der Waals surface area contributed by atoms with E-state index in [1.54, 1.807) is 49.6 Å². The van der Waals surface area contributed by atoms with Crippen molar-refractivity contribution in [2.45, 2.75) is 6.92 Å². The average molecular weight is 419 g/mol. The normalized spacial score (nSPS) is 11.2. The van der Waals surface area contributed by atoms with E-state index in [-0.39, 0.29) is 18.3 Å². The molecule has 10 heteroatoms. The summed E-state index contributed by atoms with van der Waals surface area (Å²) in [6.45, 7) is 1.80. The van der Waals surface area contributed by atoms with Crippen molar-refractivity contribution < 1.29 is 17.9 Å². The molecule has 1 aromatic carbocycles. The molecule has 0 bridgehead atoms. The van der Waals surface area contributed by atoms with Gasteiger partial charge in [-0.2, -0.15) is 0 Å². The number of ether oxygens (including phenoxy) is 1. The molecule has 8 nitrogen and oxygen atoms in total. The molecule has 1 N–H and O–H groups in total. The molecule has 2 aromatic heterocycles. The minimum absolute atomic E-state index is 0.0463. The summed E-state index contributed by atoms with van der Waals surface area (Å²) >= 11 is 1.21. The molecule has 3 rings (SSSR count). The molecule has 0 aliphatic carbocycles. The molecular formula is C18H18N4O4S2. The summed E-state index contributed by atoms with van der Waals surface area (Å²) in [6.07, 6.45) is 4.39. The van der Waals surface area contributed by atoms with Crippen LogP contribution >= 0.6 is 11.3 Å². The van der Waals surface area contributed by atoms with Gasteiger partial charge in [-0.05, 0) is 25.1 Å². The lowest BCUT2D eigenvalue weighted by Crippen LogP contribution is -2.13. The first-order valence-corrected chi connectivity index (χ1v) is 11.2. The van der Waals surface area contributed by atoms with Crippen molar-refractivity contribution in [1.29, 1.82) is 0 Å². The van der Waals surface area contributed by atoms with Gasteiger partial charge >= 0.3 is 0 Å². The number of hydrogen-bond acceptors (Lipinski definition) is 8. The SMILES string of the molecule is Cc1nc(-c2ncccn2)sc1C(=O)Nc1cccc(OCCS(C)(=O)=O)c1. The fourth-order valence-electron chi connectivity index (χ4n) is 2.27. The van der Waals surface area contributed by atoms with Gasteiger partial charge in [0.05, 0.1) is 11.4 Å². The second-order valence-electron chi connectivity index (χ2n) is 5.97. The van der Waals surface area contributed by atoms with Crippen LogP contribution in [0.5, 0.6) is 5.75 Å². The highest BCUT2D eigenvalue weighted by atomic mass is 32.2. The van der Waals surface area contributed by atoms with Crippen LogP contribution in [0.25, 0.3) is 10.8 Å². The molecule has 0 fully saturated rings. The van der Waals surface area contributed by atoms with E-state index in [0.29, 0.717) is 32.8 Å². The molecule has 0 unspecified atom stereocenters. The van der Waals surface area contributed by atoms with Gasteiger partial charge in [0.15, 0.2) is 20.7 Å². The molecule has 28 heavy (non-hydrogen) atoms. The Morgan fingerprint density at radius 2 is 1.96 bits per heavy atom. The molecular weight excluding hydrogens is 400 g/mol. The maximum atomic E-state index is 12.6. The third kappa shape index (κ3) is 5.33. The van der Waals surface area contributed by atoms with Gasteiger partial charge in [0.1, 0.15) is 17.2 Å². The van der Waals surface area contributed by atoms with Crippen molar-refractivity contribution in [3.8, 4) is 16.6 Å². The zero-order chi connectivity index (χ0) is 20.1. The van der Waals surface area contributed by atoms with Crippen LogP contribution < -0.4 is 10.1 Å². The molecule has 0 atom stereocenters. The van der Waals surface area contributed by atoms with Crippen LogP contribution in [0.2, 0.25) is 0 Å². The fourth-order valence-corrected chi connectivity index (χ4v) is 3.57. The number of thiazole rings is 1. The number of carbonyl (C=O) groups is 1. The van der Waals surface area contributed by atoms with Crippen LogP contribution in [0.1, 0.15) is 15.4 Å². The summed E-state index contributed by atoms with van der Waals surface area (Å²) in [4.78, 5) is 25.8. The van der Waals surface area contributed by atoms with Gasteiger partial charge in [-0.15, -0.1) is 11.3 Å². The number of sulfone groups is 1. The van der Waals surface area contributed by atoms with E-state index in [4.69, 9.17) is 4.74 Å². The number of benzene rings is 1. The fraction of sp³-hybridized carbons (Fsp3) is 0.222. The summed E-state index contributed by atoms with van der Waals surface area (Å²) in [5.74, 6) is 0.566. The highest BCUT2D eigenvalue weighted by molar-refractivity contribution is 7.90. The number of amides is 1. The number of aryl methyl sites for hydroxylation is 1. The number of nitrogens with zero attached hydrogens (tertiary/aromatic N) is 3. The minimum Gasteiger partial charge on any atom is -0.492 e. The van der Waals surface area contributed by atoms with Crippen LogP contribution in [0, 0.1) is 6.92 Å². The van der Waals surface area contributed by atoms with Crippen LogP contribution in [-0.2, 0) is 9.84 Å². The lowest BCUT2D eigenvalue weighted by atomic mass is 10.3. The Balaban J connectivity index is 1.70. The van der Waals surface area contributed by atoms with Crippen molar-refractivity contribution >= 4 is 32.8 Å². The standard InChI is InChI=1S/C18H18N4O4S2/c1-12-15(27-18(21-12)16-19-7-4-8-20-16)17(23)22-13-5-3-6-14(11-13)26-9-10-28(2,24)25/h3-8,11H,9-10H2,1-2H3,(H,22,23). The first-order valence-electron chi connectivity index (χ1n) is 8.28. The Morgan fingerprint density at radius 1 is 1.21 bits per heavy atom. The monoisotopic (exact) mass is 418 g/mol. The minimum atomic E-state index is -3.10. The number of hydrogen-bond donors (Lipinski definition) is 1. The predicted molar refractivity (Wildman–Crippen MR) is 107 cm³/mol. The third-order valence-electron chi connectivity index (χ3n) is 3.57. The number of carbonyl (C=O) groups excluding carboxylic acids is 1. The lowest BCUT2D eigenvalue weighted by molar-refractivity contribution is 0.103. The topological polar surface area (TPSA) is 111 Å². The highest BCUT2D eigenvalue weighted by Crippen LogP contribution is 2.26. The maximum Gasteiger partial charge on any atom is 0.267 e. The molecule has 0 radical (unpaired) electrons. The molecule has 0 spiro atoms. The van der Waals surface area contributed by atoms with Crippen LogP contribution in [0.15, 0.2) is 42.7 Å². The molecule has 0 aliphatic rings. The first kappa shape index (κ1) is 19.9. The van der Waals surface area contributed by atoms with E-state index in [0.717, 1.165) is 6.26 Å². The van der Waals surface area contributed by atoms with Gasteiger partial charge in [0, 0.05) is 30.4 Å². The van der Waals surface area contributed by atoms with E-state index >= 15 is 0 Å². The summed E-state index contributed by atoms with van der Waals surface area (Å²) in [7, 11) is -3.10. The summed E-state index contributed by atoms with van der Waals surface area (Å²) in [5.41, 5.74) is 1.12. The van der Waals surface area contributed by atoms with Crippen molar-refractivity contribution in [3.05, 3.63) is 53.3 Å². The first-order chi connectivity index (χ1) is 13.3. The molecule has 3 aromatic rings. The second kappa shape index (κ2) is 8.44. The van der Waals surface area contributed by atoms with E-state index in [1.165, 1.54) is 11.3 Å². The van der Waals surface area contributed by atoms with Crippen LogP contribution in [-0.4, -0.2) is 47.9 Å². The van der Waals surface area contributed by atoms with Gasteiger partial charge in [-0.1, -0.05) is 6.07 Å².